The number of nitrogens with one attached hydrogen (secondary N) is 2. The van der Waals surface area contributed by atoms with Crippen molar-refractivity contribution in [2.45, 2.75) is 57.0 Å². The van der Waals surface area contributed by atoms with Crippen molar-refractivity contribution in [3.05, 3.63) is 139 Å². The zero-order chi connectivity index (χ0) is 42.6. The van der Waals surface area contributed by atoms with Gasteiger partial charge in [0.2, 0.25) is 0 Å². The second-order valence-electron chi connectivity index (χ2n) is 15.2. The third kappa shape index (κ3) is 9.05. The van der Waals surface area contributed by atoms with Crippen LogP contribution >= 0.6 is 0 Å². The fourth-order valence-corrected chi connectivity index (χ4v) is 7.79. The average molecular weight is 827 g/mol. The van der Waals surface area contributed by atoms with E-state index in [4.69, 9.17) is 4.74 Å². The first kappa shape index (κ1) is 41.7. The molecule has 314 valence electrons. The molecule has 1 aliphatic carbocycles. The van der Waals surface area contributed by atoms with Gasteiger partial charge in [-0.2, -0.15) is 23.4 Å². The van der Waals surface area contributed by atoms with Crippen LogP contribution in [-0.2, 0) is 31.3 Å². The van der Waals surface area contributed by atoms with Crippen LogP contribution in [0, 0.1) is 0 Å². The molecule has 2 aliphatic rings. The Labute approximate surface area is 343 Å². The van der Waals surface area contributed by atoms with Gasteiger partial charge in [0.05, 0.1) is 35.9 Å². The van der Waals surface area contributed by atoms with Gasteiger partial charge >= 0.3 is 6.18 Å². The van der Waals surface area contributed by atoms with Crippen LogP contribution in [0.1, 0.15) is 68.9 Å². The summed E-state index contributed by atoms with van der Waals surface area (Å²) in [4.78, 5) is 56.8. The monoisotopic (exact) mass is 826 g/mol. The van der Waals surface area contributed by atoms with Gasteiger partial charge in [0, 0.05) is 45.2 Å². The van der Waals surface area contributed by atoms with E-state index >= 15 is 0 Å². The number of alkyl halides is 3. The van der Waals surface area contributed by atoms with Crippen molar-refractivity contribution in [3.63, 3.8) is 0 Å². The van der Waals surface area contributed by atoms with Gasteiger partial charge in [0.25, 0.3) is 22.7 Å². The zero-order valence-corrected chi connectivity index (χ0v) is 33.2. The molecule has 0 bridgehead atoms. The van der Waals surface area contributed by atoms with Crippen LogP contribution in [-0.4, -0.2) is 81.7 Å². The van der Waals surface area contributed by atoms with Crippen molar-refractivity contribution in [2.75, 3.05) is 45.2 Å². The Hall–Kier alpha value is -6.49. The number of ether oxygens (including phenoxy) is 1. The van der Waals surface area contributed by atoms with Crippen molar-refractivity contribution >= 4 is 17.5 Å². The zero-order valence-electron chi connectivity index (χ0n) is 33.2. The van der Waals surface area contributed by atoms with Crippen LogP contribution in [0.3, 0.4) is 0 Å². The SMILES string of the molecule is CNC(=O)c1nn(-c2ccccc2N2CCN(C)CC2)cc(OCc2ccc(CNC(=O)c3nn(CC4(c5cccc(C(F)(F)F)c5)CCCC4)cc(O)c3=O)cc2)c1=O. The number of halogens is 3. The first-order valence-corrected chi connectivity index (χ1v) is 19.6. The summed E-state index contributed by atoms with van der Waals surface area (Å²) in [5.41, 5.74) is -0.665. The summed E-state index contributed by atoms with van der Waals surface area (Å²) in [6.07, 6.45) is 0.720. The molecular formula is C43H45F3N8O6. The fraction of sp³-hybridized carbons (Fsp3) is 0.349. The second-order valence-corrected chi connectivity index (χ2v) is 15.2. The number of benzene rings is 3. The summed E-state index contributed by atoms with van der Waals surface area (Å²) in [5.74, 6) is -2.28. The average Bonchev–Trinajstić information content (AvgIpc) is 3.73. The van der Waals surface area contributed by atoms with E-state index in [0.29, 0.717) is 35.2 Å². The molecule has 1 saturated heterocycles. The van der Waals surface area contributed by atoms with E-state index in [0.717, 1.165) is 63.0 Å². The minimum absolute atomic E-state index is 0.0117. The number of carbonyl (C=O) groups excluding carboxylic acids is 2. The summed E-state index contributed by atoms with van der Waals surface area (Å²) in [7, 11) is 3.48. The molecule has 3 N–H and O–H groups in total. The molecular weight excluding hydrogens is 782 g/mol. The number of aromatic hydroxyl groups is 1. The largest absolute Gasteiger partial charge is 0.503 e. The third-order valence-electron chi connectivity index (χ3n) is 11.2. The van der Waals surface area contributed by atoms with Crippen molar-refractivity contribution in [1.82, 2.24) is 35.1 Å². The van der Waals surface area contributed by atoms with Crippen LogP contribution in [0.5, 0.6) is 11.5 Å². The molecule has 2 amide bonds. The van der Waals surface area contributed by atoms with Gasteiger partial charge in [0.1, 0.15) is 6.61 Å². The predicted molar refractivity (Wildman–Crippen MR) is 217 cm³/mol. The summed E-state index contributed by atoms with van der Waals surface area (Å²) < 4.78 is 49.5. The summed E-state index contributed by atoms with van der Waals surface area (Å²) in [5, 5.41) is 24.3. The van der Waals surface area contributed by atoms with Crippen molar-refractivity contribution in [1.29, 1.82) is 0 Å². The molecule has 2 fully saturated rings. The topological polar surface area (TPSA) is 164 Å². The number of rotatable bonds is 12. The molecule has 1 saturated carbocycles. The maximum Gasteiger partial charge on any atom is 0.416 e. The van der Waals surface area contributed by atoms with Crippen LogP contribution in [0.2, 0.25) is 0 Å². The molecule has 17 heteroatoms. The molecule has 7 rings (SSSR count). The normalized spacial score (nSPS) is 15.4. The Balaban J connectivity index is 1.03. The highest BCUT2D eigenvalue weighted by Gasteiger charge is 2.39. The van der Waals surface area contributed by atoms with Gasteiger partial charge in [-0.15, -0.1) is 0 Å². The van der Waals surface area contributed by atoms with Crippen LogP contribution < -0.4 is 31.1 Å². The lowest BCUT2D eigenvalue weighted by molar-refractivity contribution is -0.137. The maximum atomic E-state index is 13.6. The lowest BCUT2D eigenvalue weighted by Crippen LogP contribution is -2.44. The summed E-state index contributed by atoms with van der Waals surface area (Å²) >= 11 is 0. The van der Waals surface area contributed by atoms with Crippen LogP contribution in [0.25, 0.3) is 5.69 Å². The van der Waals surface area contributed by atoms with Gasteiger partial charge in [-0.25, -0.2) is 4.68 Å². The van der Waals surface area contributed by atoms with Gasteiger partial charge in [-0.05, 0) is 54.8 Å². The number of likely N-dealkylation sites (N-methyl/N-ethyl adjacent to an activating group) is 1. The van der Waals surface area contributed by atoms with Crippen molar-refractivity contribution in [3.8, 4) is 17.2 Å². The van der Waals surface area contributed by atoms with Gasteiger partial charge in [0.15, 0.2) is 22.9 Å². The number of hydrogen-bond acceptors (Lipinski definition) is 10. The quantitative estimate of drug-likeness (QED) is 0.162. The van der Waals surface area contributed by atoms with Gasteiger partial charge < -0.3 is 30.3 Å². The molecule has 5 aromatic rings. The summed E-state index contributed by atoms with van der Waals surface area (Å²) in [6.45, 7) is 3.35. The van der Waals surface area contributed by atoms with Crippen LogP contribution in [0.4, 0.5) is 18.9 Å². The van der Waals surface area contributed by atoms with Gasteiger partial charge in [-0.3, -0.25) is 23.9 Å². The number of para-hydroxylation sites is 2. The van der Waals surface area contributed by atoms with E-state index in [1.54, 1.807) is 30.3 Å². The number of anilines is 1. The Morgan fingerprint density at radius 2 is 1.50 bits per heavy atom. The second kappa shape index (κ2) is 17.4. The number of carbonyl (C=O) groups is 2. The van der Waals surface area contributed by atoms with E-state index in [9.17, 15) is 37.5 Å². The van der Waals surface area contributed by atoms with Crippen LogP contribution in [0.15, 0.2) is 94.8 Å². The highest BCUT2D eigenvalue weighted by atomic mass is 19.4. The van der Waals surface area contributed by atoms with E-state index in [-0.39, 0.29) is 31.1 Å². The standard InChI is InChI=1S/C43H45F3N8O6/c1-47-40(58)37-39(57)35(25-54(50-37)33-11-4-3-10-32(33)52-20-18-51(2)19-21-52)60-26-29-14-12-28(13-15-29)23-48-41(59)36-38(56)34(55)24-53(49-36)27-42(16-5-6-17-42)30-8-7-9-31(22-30)43(44,45)46/h3-4,7-15,22,24-25,55H,5-6,16-21,23,26-27H2,1-2H3,(H,47,58)(H,48,59). The highest BCUT2D eigenvalue weighted by molar-refractivity contribution is 5.92. The fourth-order valence-electron chi connectivity index (χ4n) is 7.79. The molecule has 2 aromatic heterocycles. The minimum Gasteiger partial charge on any atom is -0.503 e. The first-order valence-electron chi connectivity index (χ1n) is 19.6. The molecule has 0 spiro atoms. The Morgan fingerprint density at radius 3 is 2.18 bits per heavy atom. The molecule has 0 atom stereocenters. The Morgan fingerprint density at radius 1 is 0.833 bits per heavy atom. The minimum atomic E-state index is -4.52. The van der Waals surface area contributed by atoms with Crippen molar-refractivity contribution < 1.29 is 32.6 Å². The number of hydrogen-bond donors (Lipinski definition) is 3. The number of nitrogens with zero attached hydrogens (tertiary/aromatic N) is 6. The first-order chi connectivity index (χ1) is 28.7. The molecule has 3 heterocycles. The molecule has 0 radical (unpaired) electrons. The smallest absolute Gasteiger partial charge is 0.416 e. The molecule has 1 aliphatic heterocycles. The molecule has 0 unspecified atom stereocenters. The van der Waals surface area contributed by atoms with Gasteiger partial charge in [-0.1, -0.05) is 67.4 Å². The lowest BCUT2D eigenvalue weighted by atomic mass is 9.78. The molecule has 3 aromatic carbocycles. The number of amides is 2. The van der Waals surface area contributed by atoms with Crippen molar-refractivity contribution in [2.24, 2.45) is 0 Å². The Kier molecular flexibility index (Phi) is 12.1. The van der Waals surface area contributed by atoms with E-state index < -0.39 is 51.3 Å². The number of aromatic nitrogens is 4. The third-order valence-corrected chi connectivity index (χ3v) is 11.2. The predicted octanol–water partition coefficient (Wildman–Crippen LogP) is 4.65. The van der Waals surface area contributed by atoms with E-state index in [1.807, 2.05) is 24.3 Å². The van der Waals surface area contributed by atoms with E-state index in [1.165, 1.54) is 28.7 Å². The molecule has 60 heavy (non-hydrogen) atoms. The molecule has 14 nitrogen and oxygen atoms in total. The Bertz CT molecular complexity index is 2490. The maximum absolute atomic E-state index is 13.6. The van der Waals surface area contributed by atoms with E-state index in [2.05, 4.69) is 37.7 Å². The lowest BCUT2D eigenvalue weighted by Gasteiger charge is -2.35. The number of piperazine rings is 1. The highest BCUT2D eigenvalue weighted by Crippen LogP contribution is 2.44. The summed E-state index contributed by atoms with van der Waals surface area (Å²) in [6, 6.07) is 19.7.